The number of urea groups is 1. The van der Waals surface area contributed by atoms with Crippen molar-refractivity contribution >= 4 is 17.8 Å². The average Bonchev–Trinajstić information content (AvgIpc) is 3.47. The molecule has 3 fully saturated rings. The van der Waals surface area contributed by atoms with Gasteiger partial charge in [0.25, 0.3) is 5.91 Å². The number of amides is 4. The van der Waals surface area contributed by atoms with Gasteiger partial charge in [0.2, 0.25) is 5.91 Å². The number of nitrogens with zero attached hydrogens (tertiary/aromatic N) is 3. The minimum Gasteiger partial charge on any atom is -0.376 e. The molecule has 0 saturated carbocycles. The summed E-state index contributed by atoms with van der Waals surface area (Å²) in [5.74, 6) is -0.338. The highest BCUT2D eigenvalue weighted by Gasteiger charge is 2.58. The van der Waals surface area contributed by atoms with Gasteiger partial charge in [0.15, 0.2) is 5.54 Å². The molecule has 0 spiro atoms. The number of carbonyl (C=O) groups excluding carboxylic acids is 3. The van der Waals surface area contributed by atoms with Gasteiger partial charge in [-0.05, 0) is 50.3 Å². The number of carbonyl (C=O) groups is 3. The number of imide groups is 1. The SMILES string of the molecule is Cc1cccc(CC(=O)N2CCC([C@]3(c4ccccn4)NC(=O)N(C[C@H]4CCCO4)C3=O)CC2)c1. The molecular formula is C27H32N4O4. The molecular weight excluding hydrogens is 444 g/mol. The van der Waals surface area contributed by atoms with Crippen LogP contribution in [-0.2, 0) is 26.3 Å². The zero-order chi connectivity index (χ0) is 24.4. The Kier molecular flexibility index (Phi) is 6.56. The number of hydrogen-bond donors (Lipinski definition) is 1. The summed E-state index contributed by atoms with van der Waals surface area (Å²) in [5, 5.41) is 3.03. The molecule has 0 aliphatic carbocycles. The summed E-state index contributed by atoms with van der Waals surface area (Å²) in [6.45, 7) is 4.02. The number of piperidine rings is 1. The van der Waals surface area contributed by atoms with Crippen LogP contribution in [0.2, 0.25) is 0 Å². The van der Waals surface area contributed by atoms with Crippen LogP contribution < -0.4 is 5.32 Å². The monoisotopic (exact) mass is 476 g/mol. The van der Waals surface area contributed by atoms with Gasteiger partial charge in [-0.15, -0.1) is 0 Å². The van der Waals surface area contributed by atoms with E-state index in [4.69, 9.17) is 4.74 Å². The van der Waals surface area contributed by atoms with Crippen LogP contribution in [0.25, 0.3) is 0 Å². The topological polar surface area (TPSA) is 91.8 Å². The van der Waals surface area contributed by atoms with E-state index >= 15 is 0 Å². The maximum Gasteiger partial charge on any atom is 0.325 e. The Balaban J connectivity index is 1.33. The molecule has 1 aromatic heterocycles. The molecule has 4 heterocycles. The van der Waals surface area contributed by atoms with Gasteiger partial charge in [-0.1, -0.05) is 35.9 Å². The first-order chi connectivity index (χ1) is 17.0. The molecule has 8 nitrogen and oxygen atoms in total. The Hall–Kier alpha value is -3.26. The van der Waals surface area contributed by atoms with Gasteiger partial charge in [0.05, 0.1) is 24.8 Å². The average molecular weight is 477 g/mol. The lowest BCUT2D eigenvalue weighted by Crippen LogP contribution is -2.55. The van der Waals surface area contributed by atoms with Crippen molar-refractivity contribution in [3.05, 3.63) is 65.5 Å². The Morgan fingerprint density at radius 1 is 1.14 bits per heavy atom. The predicted molar refractivity (Wildman–Crippen MR) is 129 cm³/mol. The molecule has 0 unspecified atom stereocenters. The second kappa shape index (κ2) is 9.77. The molecule has 0 bridgehead atoms. The number of rotatable bonds is 6. The molecule has 35 heavy (non-hydrogen) atoms. The molecule has 4 amide bonds. The summed E-state index contributed by atoms with van der Waals surface area (Å²) in [5.41, 5.74) is 1.47. The zero-order valence-corrected chi connectivity index (χ0v) is 20.1. The second-order valence-electron chi connectivity index (χ2n) is 9.82. The first-order valence-corrected chi connectivity index (χ1v) is 12.5. The van der Waals surface area contributed by atoms with Crippen molar-refractivity contribution in [2.75, 3.05) is 26.2 Å². The zero-order valence-electron chi connectivity index (χ0n) is 20.1. The number of nitrogens with one attached hydrogen (secondary N) is 1. The Bertz CT molecular complexity index is 1090. The van der Waals surface area contributed by atoms with E-state index in [-0.39, 0.29) is 30.4 Å². The predicted octanol–water partition coefficient (Wildman–Crippen LogP) is 2.80. The fourth-order valence-corrected chi connectivity index (χ4v) is 5.68. The number of aromatic nitrogens is 1. The number of benzene rings is 1. The van der Waals surface area contributed by atoms with E-state index in [2.05, 4.69) is 10.3 Å². The van der Waals surface area contributed by atoms with Crippen LogP contribution in [0.4, 0.5) is 4.79 Å². The Morgan fingerprint density at radius 3 is 2.66 bits per heavy atom. The third-order valence-electron chi connectivity index (χ3n) is 7.51. The molecule has 1 N–H and O–H groups in total. The highest BCUT2D eigenvalue weighted by molar-refractivity contribution is 6.07. The summed E-state index contributed by atoms with van der Waals surface area (Å²) in [6.07, 6.45) is 4.89. The van der Waals surface area contributed by atoms with Gasteiger partial charge in [-0.25, -0.2) is 4.79 Å². The number of ether oxygens (including phenoxy) is 1. The van der Waals surface area contributed by atoms with E-state index < -0.39 is 11.6 Å². The maximum atomic E-state index is 13.9. The van der Waals surface area contributed by atoms with Gasteiger partial charge < -0.3 is 15.0 Å². The number of hydrogen-bond acceptors (Lipinski definition) is 5. The molecule has 3 aliphatic rings. The van der Waals surface area contributed by atoms with Crippen molar-refractivity contribution in [1.29, 1.82) is 0 Å². The first kappa shape index (κ1) is 23.5. The smallest absolute Gasteiger partial charge is 0.325 e. The van der Waals surface area contributed by atoms with Crippen LogP contribution in [-0.4, -0.2) is 65.0 Å². The fraction of sp³-hybridized carbons (Fsp3) is 0.481. The minimum atomic E-state index is -1.22. The molecule has 2 atom stereocenters. The third kappa shape index (κ3) is 4.55. The lowest BCUT2D eigenvalue weighted by atomic mass is 9.75. The van der Waals surface area contributed by atoms with Crippen LogP contribution in [0.3, 0.4) is 0 Å². The third-order valence-corrected chi connectivity index (χ3v) is 7.51. The van der Waals surface area contributed by atoms with E-state index in [9.17, 15) is 14.4 Å². The van der Waals surface area contributed by atoms with Crippen molar-refractivity contribution in [2.45, 2.75) is 50.7 Å². The molecule has 2 aromatic rings. The largest absolute Gasteiger partial charge is 0.376 e. The van der Waals surface area contributed by atoms with Gasteiger partial charge >= 0.3 is 6.03 Å². The van der Waals surface area contributed by atoms with Gasteiger partial charge in [0.1, 0.15) is 0 Å². The van der Waals surface area contributed by atoms with E-state index in [1.807, 2.05) is 48.2 Å². The van der Waals surface area contributed by atoms with E-state index in [0.717, 1.165) is 24.0 Å². The van der Waals surface area contributed by atoms with Crippen LogP contribution in [0.15, 0.2) is 48.7 Å². The first-order valence-electron chi connectivity index (χ1n) is 12.5. The van der Waals surface area contributed by atoms with Crippen LogP contribution in [0.5, 0.6) is 0 Å². The number of likely N-dealkylation sites (tertiary alicyclic amines) is 1. The van der Waals surface area contributed by atoms with Crippen molar-refractivity contribution in [1.82, 2.24) is 20.1 Å². The molecule has 184 valence electrons. The Morgan fingerprint density at radius 2 is 1.97 bits per heavy atom. The van der Waals surface area contributed by atoms with Gasteiger partial charge in [-0.3, -0.25) is 19.5 Å². The van der Waals surface area contributed by atoms with Gasteiger partial charge in [-0.2, -0.15) is 0 Å². The number of aryl methyl sites for hydroxylation is 1. The lowest BCUT2D eigenvalue weighted by Gasteiger charge is -2.40. The van der Waals surface area contributed by atoms with E-state index in [0.29, 0.717) is 44.7 Å². The fourth-order valence-electron chi connectivity index (χ4n) is 5.68. The van der Waals surface area contributed by atoms with Crippen LogP contribution in [0, 0.1) is 12.8 Å². The molecule has 3 saturated heterocycles. The van der Waals surface area contributed by atoms with Crippen molar-refractivity contribution in [3.8, 4) is 0 Å². The highest BCUT2D eigenvalue weighted by atomic mass is 16.5. The summed E-state index contributed by atoms with van der Waals surface area (Å²) >= 11 is 0. The van der Waals surface area contributed by atoms with Crippen molar-refractivity contribution in [2.24, 2.45) is 5.92 Å². The quantitative estimate of drug-likeness (QED) is 0.648. The van der Waals surface area contributed by atoms with Crippen LogP contribution >= 0.6 is 0 Å². The minimum absolute atomic E-state index is 0.0859. The van der Waals surface area contributed by atoms with Gasteiger partial charge in [0, 0.05) is 31.8 Å². The molecule has 5 rings (SSSR count). The van der Waals surface area contributed by atoms with Crippen LogP contribution in [0.1, 0.15) is 42.5 Å². The summed E-state index contributed by atoms with van der Waals surface area (Å²) < 4.78 is 5.69. The summed E-state index contributed by atoms with van der Waals surface area (Å²) in [4.78, 5) is 47.6. The highest BCUT2D eigenvalue weighted by Crippen LogP contribution is 2.41. The standard InChI is InChI=1S/C27H32N4O4/c1-19-6-4-7-20(16-19)17-24(32)30-13-10-21(11-14-30)27(23-9-2-3-12-28-23)25(33)31(26(34)29-27)18-22-8-5-15-35-22/h2-4,6-7,9,12,16,21-22H,5,8,10-11,13-15,17-18H2,1H3,(H,29,34)/t22-,27-/m1/s1. The van der Waals surface area contributed by atoms with Crippen molar-refractivity contribution in [3.63, 3.8) is 0 Å². The number of pyridine rings is 1. The molecule has 8 heteroatoms. The Labute approximate surface area is 205 Å². The molecule has 0 radical (unpaired) electrons. The maximum absolute atomic E-state index is 13.9. The summed E-state index contributed by atoms with van der Waals surface area (Å²) in [6, 6.07) is 13.1. The molecule has 1 aromatic carbocycles. The lowest BCUT2D eigenvalue weighted by molar-refractivity contribution is -0.137. The summed E-state index contributed by atoms with van der Waals surface area (Å²) in [7, 11) is 0. The molecule has 3 aliphatic heterocycles. The van der Waals surface area contributed by atoms with Crippen molar-refractivity contribution < 1.29 is 19.1 Å². The normalized spacial score (nSPS) is 25.2. The second-order valence-corrected chi connectivity index (χ2v) is 9.82. The van der Waals surface area contributed by atoms with E-state index in [1.165, 1.54) is 4.90 Å². The van der Waals surface area contributed by atoms with E-state index in [1.54, 1.807) is 12.3 Å².